The molecule has 1 rings (SSSR count). The van der Waals surface area contributed by atoms with E-state index in [1.807, 2.05) is 0 Å². The maximum absolute atomic E-state index is 12.5. The standard InChI is InChI=1S/C25H43N5O7S/c1-21(2)27-8-5-10-32-12-14-34-15-13-33-11-9-28-24(31)22-6-4-7-23(18-22)36-19-25(3,29-30-26)37-17-16-35-20-38/h4,6-7,18,21,27,38H,5,8-17,19-20H2,1-3H3,(H,28,31). The number of carbonyl (C=O) groups excluding carboxylic acids is 1. The van der Waals surface area contributed by atoms with Crippen LogP contribution in [0.25, 0.3) is 10.4 Å². The van der Waals surface area contributed by atoms with Gasteiger partial charge in [0.2, 0.25) is 0 Å². The quantitative estimate of drug-likeness (QED) is 0.0439. The molecule has 1 unspecified atom stereocenters. The Morgan fingerprint density at radius 3 is 2.39 bits per heavy atom. The third-order valence-corrected chi connectivity index (χ3v) is 5.07. The number of hydrogen-bond acceptors (Lipinski definition) is 10. The lowest BCUT2D eigenvalue weighted by Crippen LogP contribution is -2.34. The van der Waals surface area contributed by atoms with Gasteiger partial charge in [0.05, 0.1) is 52.2 Å². The SMILES string of the molecule is CC(C)NCCCOCCOCCOCCNC(=O)c1cccc(OCC(C)(N=[N+]=[N-])OCCOCS)c1. The molecule has 1 atom stereocenters. The Bertz CT molecular complexity index is 814. The van der Waals surface area contributed by atoms with Crippen LogP contribution < -0.4 is 15.4 Å². The van der Waals surface area contributed by atoms with Crippen molar-refractivity contribution in [2.75, 3.05) is 78.5 Å². The Labute approximate surface area is 231 Å². The van der Waals surface area contributed by atoms with Crippen LogP contribution in [0.1, 0.15) is 37.6 Å². The van der Waals surface area contributed by atoms with Crippen molar-refractivity contribution in [3.05, 3.63) is 40.3 Å². The van der Waals surface area contributed by atoms with Crippen LogP contribution in [0, 0.1) is 0 Å². The second-order valence-electron chi connectivity index (χ2n) is 8.62. The molecular weight excluding hydrogens is 514 g/mol. The number of ether oxygens (including phenoxy) is 6. The van der Waals surface area contributed by atoms with Crippen LogP contribution in [0.3, 0.4) is 0 Å². The maximum atomic E-state index is 12.5. The van der Waals surface area contributed by atoms with Crippen LogP contribution in [-0.4, -0.2) is 96.2 Å². The fourth-order valence-electron chi connectivity index (χ4n) is 2.97. The molecule has 2 N–H and O–H groups in total. The van der Waals surface area contributed by atoms with Gasteiger partial charge in [-0.3, -0.25) is 4.79 Å². The van der Waals surface area contributed by atoms with Gasteiger partial charge in [0.1, 0.15) is 12.4 Å². The summed E-state index contributed by atoms with van der Waals surface area (Å²) < 4.78 is 32.9. The molecule has 12 nitrogen and oxygen atoms in total. The van der Waals surface area contributed by atoms with Gasteiger partial charge in [0.15, 0.2) is 5.72 Å². The van der Waals surface area contributed by atoms with Crippen LogP contribution in [0.5, 0.6) is 5.75 Å². The molecule has 0 aliphatic carbocycles. The highest BCUT2D eigenvalue weighted by Crippen LogP contribution is 2.19. The minimum Gasteiger partial charge on any atom is -0.490 e. The summed E-state index contributed by atoms with van der Waals surface area (Å²) in [6, 6.07) is 7.19. The van der Waals surface area contributed by atoms with Crippen molar-refractivity contribution < 1.29 is 33.2 Å². The first-order valence-corrected chi connectivity index (χ1v) is 13.4. The van der Waals surface area contributed by atoms with E-state index in [9.17, 15) is 4.79 Å². The molecule has 1 aromatic rings. The lowest BCUT2D eigenvalue weighted by Gasteiger charge is -2.24. The van der Waals surface area contributed by atoms with Crippen LogP contribution >= 0.6 is 12.6 Å². The van der Waals surface area contributed by atoms with E-state index < -0.39 is 5.72 Å². The molecule has 0 fully saturated rings. The minimum absolute atomic E-state index is 0.0409. The van der Waals surface area contributed by atoms with Gasteiger partial charge in [-0.05, 0) is 43.6 Å². The Balaban J connectivity index is 2.20. The second kappa shape index (κ2) is 21.8. The molecule has 0 saturated heterocycles. The normalized spacial score (nSPS) is 12.7. The van der Waals surface area contributed by atoms with E-state index in [4.69, 9.17) is 34.0 Å². The molecule has 1 amide bonds. The van der Waals surface area contributed by atoms with Gasteiger partial charge < -0.3 is 39.1 Å². The molecule has 0 radical (unpaired) electrons. The average Bonchev–Trinajstić information content (AvgIpc) is 2.90. The number of amides is 1. The molecular formula is C25H43N5O7S. The predicted octanol–water partition coefficient (Wildman–Crippen LogP) is 3.18. The van der Waals surface area contributed by atoms with Crippen molar-refractivity contribution in [2.45, 2.75) is 39.0 Å². The molecule has 38 heavy (non-hydrogen) atoms. The average molecular weight is 558 g/mol. The molecule has 1 aromatic carbocycles. The van der Waals surface area contributed by atoms with Crippen molar-refractivity contribution in [1.29, 1.82) is 0 Å². The van der Waals surface area contributed by atoms with E-state index >= 15 is 0 Å². The Morgan fingerprint density at radius 1 is 1.03 bits per heavy atom. The molecule has 0 aliphatic heterocycles. The Morgan fingerprint density at radius 2 is 1.71 bits per heavy atom. The number of rotatable bonds is 24. The summed E-state index contributed by atoms with van der Waals surface area (Å²) in [5.41, 5.74) is 8.05. The van der Waals surface area contributed by atoms with E-state index in [0.717, 1.165) is 13.0 Å². The van der Waals surface area contributed by atoms with E-state index in [2.05, 4.69) is 47.1 Å². The van der Waals surface area contributed by atoms with Gasteiger partial charge in [-0.15, -0.1) is 0 Å². The van der Waals surface area contributed by atoms with Gasteiger partial charge in [-0.1, -0.05) is 25.0 Å². The zero-order chi connectivity index (χ0) is 27.9. The van der Waals surface area contributed by atoms with E-state index in [0.29, 0.717) is 70.1 Å². The molecule has 0 saturated carbocycles. The highest BCUT2D eigenvalue weighted by atomic mass is 32.1. The number of carbonyl (C=O) groups is 1. The zero-order valence-electron chi connectivity index (χ0n) is 22.7. The van der Waals surface area contributed by atoms with Gasteiger partial charge in [0.25, 0.3) is 5.91 Å². The summed E-state index contributed by atoms with van der Waals surface area (Å²) in [6.07, 6.45) is 0.976. The monoisotopic (exact) mass is 557 g/mol. The summed E-state index contributed by atoms with van der Waals surface area (Å²) >= 11 is 3.95. The number of benzene rings is 1. The first-order valence-electron chi connectivity index (χ1n) is 12.8. The lowest BCUT2D eigenvalue weighted by atomic mass is 10.2. The number of nitrogens with zero attached hydrogens (tertiary/aromatic N) is 3. The largest absolute Gasteiger partial charge is 0.490 e. The fourth-order valence-corrected chi connectivity index (χ4v) is 3.10. The number of thiol groups is 1. The molecule has 0 aliphatic rings. The third-order valence-electron chi connectivity index (χ3n) is 4.89. The van der Waals surface area contributed by atoms with Crippen LogP contribution in [0.15, 0.2) is 29.4 Å². The third kappa shape index (κ3) is 17.4. The Kier molecular flexibility index (Phi) is 19.5. The minimum atomic E-state index is -1.23. The van der Waals surface area contributed by atoms with Crippen LogP contribution in [0.2, 0.25) is 0 Å². The molecule has 13 heteroatoms. The zero-order valence-corrected chi connectivity index (χ0v) is 23.6. The van der Waals surface area contributed by atoms with Crippen molar-refractivity contribution in [3.8, 4) is 5.75 Å². The Hall–Kier alpha value is -2.09. The van der Waals surface area contributed by atoms with E-state index in [-0.39, 0.29) is 25.1 Å². The van der Waals surface area contributed by atoms with Crippen molar-refractivity contribution in [3.63, 3.8) is 0 Å². The van der Waals surface area contributed by atoms with E-state index in [1.165, 1.54) is 0 Å². The van der Waals surface area contributed by atoms with Crippen LogP contribution in [0.4, 0.5) is 0 Å². The molecule has 0 spiro atoms. The lowest BCUT2D eigenvalue weighted by molar-refractivity contribution is -0.0711. The summed E-state index contributed by atoms with van der Waals surface area (Å²) in [7, 11) is 0. The number of azide groups is 1. The number of hydrogen-bond donors (Lipinski definition) is 3. The van der Waals surface area contributed by atoms with Gasteiger partial charge in [0, 0.05) is 29.7 Å². The van der Waals surface area contributed by atoms with Crippen molar-refractivity contribution in [1.82, 2.24) is 10.6 Å². The second-order valence-corrected chi connectivity index (χ2v) is 8.88. The molecule has 0 aromatic heterocycles. The van der Waals surface area contributed by atoms with Crippen molar-refractivity contribution >= 4 is 18.5 Å². The van der Waals surface area contributed by atoms with Crippen molar-refractivity contribution in [2.24, 2.45) is 5.11 Å². The van der Waals surface area contributed by atoms with Gasteiger partial charge in [-0.25, -0.2) is 0 Å². The summed E-state index contributed by atoms with van der Waals surface area (Å²) in [5, 5.41) is 9.82. The number of nitrogens with one attached hydrogen (secondary N) is 2. The predicted molar refractivity (Wildman–Crippen MR) is 148 cm³/mol. The summed E-state index contributed by atoms with van der Waals surface area (Å²) in [6.45, 7) is 10.7. The summed E-state index contributed by atoms with van der Waals surface area (Å²) in [5.74, 6) is 0.451. The van der Waals surface area contributed by atoms with Crippen LogP contribution in [-0.2, 0) is 23.7 Å². The smallest absolute Gasteiger partial charge is 0.251 e. The van der Waals surface area contributed by atoms with Gasteiger partial charge >= 0.3 is 0 Å². The highest BCUT2D eigenvalue weighted by Gasteiger charge is 2.25. The van der Waals surface area contributed by atoms with Gasteiger partial charge in [-0.2, -0.15) is 12.6 Å². The maximum Gasteiger partial charge on any atom is 0.251 e. The highest BCUT2D eigenvalue weighted by molar-refractivity contribution is 7.80. The fraction of sp³-hybridized carbons (Fsp3) is 0.720. The topological polar surface area (TPSA) is 145 Å². The first kappa shape index (κ1) is 33.9. The molecule has 0 heterocycles. The molecule has 216 valence electrons. The molecule has 0 bridgehead atoms. The van der Waals surface area contributed by atoms with E-state index in [1.54, 1.807) is 31.2 Å². The summed E-state index contributed by atoms with van der Waals surface area (Å²) in [4.78, 5) is 15.3. The first-order chi connectivity index (χ1) is 18.4.